The van der Waals surface area contributed by atoms with Gasteiger partial charge in [-0.05, 0) is 25.0 Å². The first-order valence-corrected chi connectivity index (χ1v) is 8.21. The van der Waals surface area contributed by atoms with E-state index in [1.807, 2.05) is 23.1 Å². The molecule has 1 aliphatic carbocycles. The van der Waals surface area contributed by atoms with Crippen molar-refractivity contribution in [2.75, 3.05) is 31.1 Å². The van der Waals surface area contributed by atoms with Crippen LogP contribution in [0.15, 0.2) is 24.3 Å². The van der Waals surface area contributed by atoms with Crippen molar-refractivity contribution < 1.29 is 9.90 Å². The van der Waals surface area contributed by atoms with Gasteiger partial charge in [-0.15, -0.1) is 12.4 Å². The predicted molar refractivity (Wildman–Crippen MR) is 94.2 cm³/mol. The number of phenolic OH excluding ortho intramolecular Hbond substituents is 1. The van der Waals surface area contributed by atoms with Gasteiger partial charge in [0.15, 0.2) is 0 Å². The van der Waals surface area contributed by atoms with Crippen molar-refractivity contribution in [2.45, 2.75) is 37.6 Å². The molecule has 6 heteroatoms. The van der Waals surface area contributed by atoms with Gasteiger partial charge in [-0.3, -0.25) is 4.79 Å². The van der Waals surface area contributed by atoms with E-state index in [1.165, 1.54) is 6.42 Å². The summed E-state index contributed by atoms with van der Waals surface area (Å²) >= 11 is 0. The number of hydrogen-bond acceptors (Lipinski definition) is 4. The number of anilines is 1. The molecule has 0 spiro atoms. The molecule has 1 aliphatic heterocycles. The zero-order valence-electron chi connectivity index (χ0n) is 13.4. The fourth-order valence-electron chi connectivity index (χ4n) is 3.59. The van der Waals surface area contributed by atoms with E-state index < -0.39 is 5.54 Å². The van der Waals surface area contributed by atoms with E-state index in [2.05, 4.69) is 4.90 Å². The minimum Gasteiger partial charge on any atom is -0.506 e. The van der Waals surface area contributed by atoms with Gasteiger partial charge in [-0.2, -0.15) is 0 Å². The maximum atomic E-state index is 12.7. The number of halogens is 1. The molecule has 2 aliphatic rings. The fraction of sp³-hybridized carbons (Fsp3) is 0.588. The van der Waals surface area contributed by atoms with Crippen LogP contribution in [0, 0.1) is 0 Å². The van der Waals surface area contributed by atoms with Gasteiger partial charge in [0.05, 0.1) is 11.2 Å². The van der Waals surface area contributed by atoms with Crippen molar-refractivity contribution in [3.8, 4) is 5.75 Å². The van der Waals surface area contributed by atoms with Gasteiger partial charge < -0.3 is 20.6 Å². The lowest BCUT2D eigenvalue weighted by atomic mass is 9.81. The minimum absolute atomic E-state index is 0. The lowest BCUT2D eigenvalue weighted by molar-refractivity contribution is -0.138. The van der Waals surface area contributed by atoms with E-state index >= 15 is 0 Å². The molecule has 0 radical (unpaired) electrons. The first-order valence-electron chi connectivity index (χ1n) is 8.21. The third-order valence-electron chi connectivity index (χ3n) is 4.96. The Morgan fingerprint density at radius 1 is 1.04 bits per heavy atom. The first-order chi connectivity index (χ1) is 10.6. The van der Waals surface area contributed by atoms with Gasteiger partial charge in [-0.25, -0.2) is 0 Å². The van der Waals surface area contributed by atoms with Crippen LogP contribution in [-0.2, 0) is 4.79 Å². The van der Waals surface area contributed by atoms with Crippen LogP contribution in [0.5, 0.6) is 5.75 Å². The van der Waals surface area contributed by atoms with Gasteiger partial charge in [0, 0.05) is 26.2 Å². The standard InChI is InChI=1S/C17H25N3O2.ClH/c18-17(8-4-1-5-9-17)16(22)20-12-10-19(11-13-20)14-6-2-3-7-15(14)21;/h2-3,6-7,21H,1,4-5,8-13,18H2;1H. The third kappa shape index (κ3) is 3.72. The number of carbonyl (C=O) groups excluding carboxylic acids is 1. The van der Waals surface area contributed by atoms with Crippen LogP contribution in [0.3, 0.4) is 0 Å². The number of nitrogens with zero attached hydrogens (tertiary/aromatic N) is 2. The van der Waals surface area contributed by atoms with Crippen molar-refractivity contribution in [3.63, 3.8) is 0 Å². The first kappa shape index (κ1) is 17.9. The zero-order chi connectivity index (χ0) is 15.6. The molecule has 1 saturated heterocycles. The monoisotopic (exact) mass is 339 g/mol. The molecular weight excluding hydrogens is 314 g/mol. The number of aromatic hydroxyl groups is 1. The number of para-hydroxylation sites is 2. The second-order valence-electron chi connectivity index (χ2n) is 6.48. The highest BCUT2D eigenvalue weighted by Crippen LogP contribution is 2.30. The third-order valence-corrected chi connectivity index (χ3v) is 4.96. The largest absolute Gasteiger partial charge is 0.506 e. The normalized spacial score (nSPS) is 20.7. The topological polar surface area (TPSA) is 69.8 Å². The van der Waals surface area contributed by atoms with Gasteiger partial charge in [0.2, 0.25) is 5.91 Å². The van der Waals surface area contributed by atoms with Crippen molar-refractivity contribution in [2.24, 2.45) is 5.73 Å². The van der Waals surface area contributed by atoms with Crippen molar-refractivity contribution in [1.82, 2.24) is 4.90 Å². The van der Waals surface area contributed by atoms with E-state index in [0.717, 1.165) is 44.5 Å². The Morgan fingerprint density at radius 2 is 1.65 bits per heavy atom. The van der Waals surface area contributed by atoms with Crippen LogP contribution in [0.4, 0.5) is 5.69 Å². The Balaban J connectivity index is 0.00000192. The summed E-state index contributed by atoms with van der Waals surface area (Å²) in [7, 11) is 0. The number of hydrogen-bond donors (Lipinski definition) is 2. The summed E-state index contributed by atoms with van der Waals surface area (Å²) in [6.45, 7) is 2.82. The summed E-state index contributed by atoms with van der Waals surface area (Å²) in [4.78, 5) is 16.8. The smallest absolute Gasteiger partial charge is 0.242 e. The Morgan fingerprint density at radius 3 is 2.26 bits per heavy atom. The van der Waals surface area contributed by atoms with E-state index in [1.54, 1.807) is 6.07 Å². The molecule has 0 bridgehead atoms. The molecule has 1 saturated carbocycles. The summed E-state index contributed by atoms with van der Waals surface area (Å²) in [6, 6.07) is 7.35. The quantitative estimate of drug-likeness (QED) is 0.866. The number of amides is 1. The molecule has 128 valence electrons. The van der Waals surface area contributed by atoms with Gasteiger partial charge in [-0.1, -0.05) is 31.4 Å². The lowest BCUT2D eigenvalue weighted by Crippen LogP contribution is -2.60. The molecular formula is C17H26ClN3O2. The second kappa shape index (κ2) is 7.41. The molecule has 0 atom stereocenters. The Bertz CT molecular complexity index is 538. The molecule has 3 N–H and O–H groups in total. The van der Waals surface area contributed by atoms with E-state index in [-0.39, 0.29) is 18.3 Å². The summed E-state index contributed by atoms with van der Waals surface area (Å²) < 4.78 is 0. The van der Waals surface area contributed by atoms with Crippen LogP contribution < -0.4 is 10.6 Å². The maximum absolute atomic E-state index is 12.7. The van der Waals surface area contributed by atoms with Crippen molar-refractivity contribution >= 4 is 24.0 Å². The highest BCUT2D eigenvalue weighted by molar-refractivity contribution is 5.86. The van der Waals surface area contributed by atoms with Crippen LogP contribution in [0.25, 0.3) is 0 Å². The molecule has 5 nitrogen and oxygen atoms in total. The van der Waals surface area contributed by atoms with E-state index in [0.29, 0.717) is 18.8 Å². The Labute approximate surface area is 143 Å². The summed E-state index contributed by atoms with van der Waals surface area (Å²) in [5.74, 6) is 0.411. The summed E-state index contributed by atoms with van der Waals surface area (Å²) in [5.41, 5.74) is 6.56. The Hall–Kier alpha value is -1.46. The number of benzene rings is 1. The molecule has 1 heterocycles. The predicted octanol–water partition coefficient (Wildman–Crippen LogP) is 2.12. The van der Waals surface area contributed by atoms with E-state index in [9.17, 15) is 9.90 Å². The number of nitrogens with two attached hydrogens (primary N) is 1. The van der Waals surface area contributed by atoms with Crippen LogP contribution >= 0.6 is 12.4 Å². The van der Waals surface area contributed by atoms with Crippen molar-refractivity contribution in [3.05, 3.63) is 24.3 Å². The SMILES string of the molecule is Cl.NC1(C(=O)N2CCN(c3ccccc3O)CC2)CCCCC1. The van der Waals surface area contributed by atoms with Gasteiger partial charge in [0.25, 0.3) is 0 Å². The summed E-state index contributed by atoms with van der Waals surface area (Å²) in [6.07, 6.45) is 4.92. The molecule has 3 rings (SSSR count). The molecule has 0 aromatic heterocycles. The molecule has 1 amide bonds. The second-order valence-corrected chi connectivity index (χ2v) is 6.48. The molecule has 0 unspecified atom stereocenters. The minimum atomic E-state index is -0.644. The van der Waals surface area contributed by atoms with Gasteiger partial charge in [0.1, 0.15) is 5.75 Å². The number of carbonyl (C=O) groups is 1. The van der Waals surface area contributed by atoms with Crippen LogP contribution in [-0.4, -0.2) is 47.6 Å². The maximum Gasteiger partial charge on any atom is 0.242 e. The van der Waals surface area contributed by atoms with Crippen molar-refractivity contribution in [1.29, 1.82) is 0 Å². The number of piperazine rings is 1. The molecule has 1 aromatic rings. The van der Waals surface area contributed by atoms with E-state index in [4.69, 9.17) is 5.73 Å². The fourth-order valence-corrected chi connectivity index (χ4v) is 3.59. The number of phenols is 1. The average molecular weight is 340 g/mol. The molecule has 2 fully saturated rings. The highest BCUT2D eigenvalue weighted by atomic mass is 35.5. The van der Waals surface area contributed by atoms with Gasteiger partial charge >= 0.3 is 0 Å². The molecule has 23 heavy (non-hydrogen) atoms. The van der Waals surface area contributed by atoms with Crippen LogP contribution in [0.2, 0.25) is 0 Å². The summed E-state index contributed by atoms with van der Waals surface area (Å²) in [5, 5.41) is 9.94. The zero-order valence-corrected chi connectivity index (χ0v) is 14.2. The average Bonchev–Trinajstić information content (AvgIpc) is 2.55. The highest BCUT2D eigenvalue weighted by Gasteiger charge is 2.39. The van der Waals surface area contributed by atoms with Crippen LogP contribution in [0.1, 0.15) is 32.1 Å². The lowest BCUT2D eigenvalue weighted by Gasteiger charge is -2.41. The Kier molecular flexibility index (Phi) is 5.76. The molecule has 1 aromatic carbocycles. The number of rotatable bonds is 2.